The number of allylic oxidation sites excluding steroid dienone is 1. The van der Waals surface area contributed by atoms with Crippen LogP contribution in [0.5, 0.6) is 5.75 Å². The van der Waals surface area contributed by atoms with Crippen LogP contribution in [0.4, 0.5) is 0 Å². The zero-order valence-corrected chi connectivity index (χ0v) is 13.4. The normalized spacial score (nSPS) is 15.3. The SMILES string of the molecule is O=C(NN=C/C=C/c1ccco1)c1ccc(OC2CCCC2)cc1. The summed E-state index contributed by atoms with van der Waals surface area (Å²) in [6, 6.07) is 10.8. The second kappa shape index (κ2) is 8.15. The molecule has 1 heterocycles. The van der Waals surface area contributed by atoms with E-state index in [1.807, 2.05) is 18.2 Å². The standard InChI is InChI=1S/C19H20N2O3/c22-19(21-20-13-3-7-16-8-4-14-23-16)15-9-11-18(12-10-15)24-17-5-1-2-6-17/h3-4,7-14,17H,1-2,5-6H2,(H,21,22)/b7-3+,20-13?. The summed E-state index contributed by atoms with van der Waals surface area (Å²) < 4.78 is 11.0. The van der Waals surface area contributed by atoms with Gasteiger partial charge in [0.1, 0.15) is 11.5 Å². The minimum Gasteiger partial charge on any atom is -0.490 e. The summed E-state index contributed by atoms with van der Waals surface area (Å²) in [5.41, 5.74) is 3.02. The van der Waals surface area contributed by atoms with Gasteiger partial charge in [0.2, 0.25) is 0 Å². The molecule has 5 heteroatoms. The van der Waals surface area contributed by atoms with Crippen LogP contribution >= 0.6 is 0 Å². The minimum absolute atomic E-state index is 0.259. The van der Waals surface area contributed by atoms with E-state index in [4.69, 9.17) is 9.15 Å². The van der Waals surface area contributed by atoms with Crippen LogP contribution in [0.15, 0.2) is 58.3 Å². The predicted octanol–water partition coefficient (Wildman–Crippen LogP) is 4.03. The second-order valence-corrected chi connectivity index (χ2v) is 5.64. The summed E-state index contributed by atoms with van der Waals surface area (Å²) in [5.74, 6) is 1.28. The van der Waals surface area contributed by atoms with Crippen LogP contribution in [0.2, 0.25) is 0 Å². The molecule has 1 amide bonds. The van der Waals surface area contributed by atoms with E-state index < -0.39 is 0 Å². The van der Waals surface area contributed by atoms with Crippen molar-refractivity contribution in [3.63, 3.8) is 0 Å². The highest BCUT2D eigenvalue weighted by molar-refractivity contribution is 5.94. The Labute approximate surface area is 141 Å². The number of nitrogens with zero attached hydrogens (tertiary/aromatic N) is 1. The first-order valence-electron chi connectivity index (χ1n) is 8.11. The molecule has 1 aromatic heterocycles. The molecule has 0 radical (unpaired) electrons. The first-order chi connectivity index (χ1) is 11.8. The number of carbonyl (C=O) groups excluding carboxylic acids is 1. The van der Waals surface area contributed by atoms with Crippen LogP contribution < -0.4 is 10.2 Å². The fraction of sp³-hybridized carbons (Fsp3) is 0.263. The Kier molecular flexibility index (Phi) is 5.45. The fourth-order valence-electron chi connectivity index (χ4n) is 2.61. The Morgan fingerprint density at radius 3 is 2.71 bits per heavy atom. The molecule has 0 spiro atoms. The van der Waals surface area contributed by atoms with E-state index in [1.54, 1.807) is 36.6 Å². The van der Waals surface area contributed by atoms with Gasteiger partial charge in [0.15, 0.2) is 0 Å². The lowest BCUT2D eigenvalue weighted by Crippen LogP contribution is -2.17. The number of amides is 1. The van der Waals surface area contributed by atoms with Crippen LogP contribution in [0.1, 0.15) is 41.8 Å². The summed E-state index contributed by atoms with van der Waals surface area (Å²) in [6.45, 7) is 0. The second-order valence-electron chi connectivity index (χ2n) is 5.64. The molecule has 0 atom stereocenters. The van der Waals surface area contributed by atoms with Crippen molar-refractivity contribution >= 4 is 18.2 Å². The summed E-state index contributed by atoms with van der Waals surface area (Å²) in [7, 11) is 0. The summed E-state index contributed by atoms with van der Waals surface area (Å²) in [6.07, 6.45) is 11.6. The summed E-state index contributed by atoms with van der Waals surface area (Å²) in [4.78, 5) is 12.0. The Morgan fingerprint density at radius 2 is 2.00 bits per heavy atom. The van der Waals surface area contributed by atoms with Gasteiger partial charge >= 0.3 is 0 Å². The van der Waals surface area contributed by atoms with Gasteiger partial charge in [-0.05, 0) is 74.2 Å². The van der Waals surface area contributed by atoms with Crippen molar-refractivity contribution in [2.45, 2.75) is 31.8 Å². The number of hydrogen-bond acceptors (Lipinski definition) is 4. The van der Waals surface area contributed by atoms with Gasteiger partial charge in [0, 0.05) is 11.8 Å². The number of hydrogen-bond donors (Lipinski definition) is 1. The third-order valence-electron chi connectivity index (χ3n) is 3.85. The third kappa shape index (κ3) is 4.59. The molecule has 0 aliphatic heterocycles. The topological polar surface area (TPSA) is 63.8 Å². The van der Waals surface area contributed by atoms with Gasteiger partial charge in [-0.3, -0.25) is 4.79 Å². The molecule has 3 rings (SSSR count). The molecule has 0 saturated heterocycles. The van der Waals surface area contributed by atoms with E-state index in [1.165, 1.54) is 19.1 Å². The van der Waals surface area contributed by atoms with Crippen LogP contribution in [-0.4, -0.2) is 18.2 Å². The zero-order chi connectivity index (χ0) is 16.6. The number of benzene rings is 1. The summed E-state index contributed by atoms with van der Waals surface area (Å²) >= 11 is 0. The maximum atomic E-state index is 12.0. The molecule has 1 aliphatic rings. The van der Waals surface area contributed by atoms with Crippen LogP contribution in [0.25, 0.3) is 6.08 Å². The van der Waals surface area contributed by atoms with E-state index in [0.717, 1.165) is 24.4 Å². The highest BCUT2D eigenvalue weighted by Gasteiger charge is 2.16. The lowest BCUT2D eigenvalue weighted by atomic mass is 10.2. The Bertz CT molecular complexity index is 697. The summed E-state index contributed by atoms with van der Waals surface area (Å²) in [5, 5.41) is 3.87. The smallest absolute Gasteiger partial charge is 0.271 e. The van der Waals surface area contributed by atoms with Gasteiger partial charge in [-0.2, -0.15) is 5.10 Å². The molecule has 0 unspecified atom stereocenters. The average Bonchev–Trinajstić information content (AvgIpc) is 3.29. The van der Waals surface area contributed by atoms with Gasteiger partial charge in [-0.15, -0.1) is 0 Å². The lowest BCUT2D eigenvalue weighted by molar-refractivity contribution is 0.0955. The molecule has 5 nitrogen and oxygen atoms in total. The molecular weight excluding hydrogens is 304 g/mol. The van der Waals surface area contributed by atoms with E-state index in [-0.39, 0.29) is 5.91 Å². The number of rotatable bonds is 6. The largest absolute Gasteiger partial charge is 0.490 e. The van der Waals surface area contributed by atoms with Crippen molar-refractivity contribution in [3.05, 3.63) is 60.1 Å². The molecule has 2 aromatic rings. The maximum absolute atomic E-state index is 12.0. The molecule has 1 saturated carbocycles. The molecule has 0 bridgehead atoms. The number of carbonyl (C=O) groups is 1. The lowest BCUT2D eigenvalue weighted by Gasteiger charge is -2.12. The molecule has 124 valence electrons. The van der Waals surface area contributed by atoms with Gasteiger partial charge in [0.05, 0.1) is 12.4 Å². The highest BCUT2D eigenvalue weighted by atomic mass is 16.5. The van der Waals surface area contributed by atoms with Gasteiger partial charge in [0.25, 0.3) is 5.91 Å². The Balaban J connectivity index is 1.47. The van der Waals surface area contributed by atoms with E-state index >= 15 is 0 Å². The molecule has 1 aromatic carbocycles. The van der Waals surface area contributed by atoms with Crippen molar-refractivity contribution in [3.8, 4) is 5.75 Å². The Hall–Kier alpha value is -2.82. The number of furan rings is 1. The first-order valence-corrected chi connectivity index (χ1v) is 8.11. The van der Waals surface area contributed by atoms with Crippen molar-refractivity contribution in [1.29, 1.82) is 0 Å². The van der Waals surface area contributed by atoms with Crippen molar-refractivity contribution in [1.82, 2.24) is 5.43 Å². The number of nitrogens with one attached hydrogen (secondary N) is 1. The fourth-order valence-corrected chi connectivity index (χ4v) is 2.61. The van der Waals surface area contributed by atoms with E-state index in [0.29, 0.717) is 11.7 Å². The molecule has 1 N–H and O–H groups in total. The number of hydrazone groups is 1. The van der Waals surface area contributed by atoms with E-state index in [2.05, 4.69) is 10.5 Å². The monoisotopic (exact) mass is 324 g/mol. The van der Waals surface area contributed by atoms with Crippen LogP contribution in [-0.2, 0) is 0 Å². The van der Waals surface area contributed by atoms with E-state index in [9.17, 15) is 4.79 Å². The molecular formula is C19H20N2O3. The average molecular weight is 324 g/mol. The Morgan fingerprint density at radius 1 is 1.21 bits per heavy atom. The minimum atomic E-state index is -0.259. The van der Waals surface area contributed by atoms with Crippen LogP contribution in [0.3, 0.4) is 0 Å². The first kappa shape index (κ1) is 16.1. The van der Waals surface area contributed by atoms with Crippen molar-refractivity contribution in [2.75, 3.05) is 0 Å². The number of ether oxygens (including phenoxy) is 1. The third-order valence-corrected chi connectivity index (χ3v) is 3.85. The maximum Gasteiger partial charge on any atom is 0.271 e. The van der Waals surface area contributed by atoms with Gasteiger partial charge < -0.3 is 9.15 Å². The quantitative estimate of drug-likeness (QED) is 0.644. The van der Waals surface area contributed by atoms with Crippen molar-refractivity contribution < 1.29 is 13.9 Å². The molecule has 24 heavy (non-hydrogen) atoms. The van der Waals surface area contributed by atoms with Gasteiger partial charge in [-0.25, -0.2) is 5.43 Å². The molecule has 1 fully saturated rings. The predicted molar refractivity (Wildman–Crippen MR) is 93.0 cm³/mol. The molecule has 1 aliphatic carbocycles. The van der Waals surface area contributed by atoms with Gasteiger partial charge in [-0.1, -0.05) is 0 Å². The van der Waals surface area contributed by atoms with Crippen LogP contribution in [0, 0.1) is 0 Å². The highest BCUT2D eigenvalue weighted by Crippen LogP contribution is 2.24. The van der Waals surface area contributed by atoms with Crippen molar-refractivity contribution in [2.24, 2.45) is 5.10 Å². The zero-order valence-electron chi connectivity index (χ0n) is 13.4.